The Bertz CT molecular complexity index is 957. The number of hydrogen-bond acceptors (Lipinski definition) is 4. The molecule has 1 aliphatic rings. The molecule has 1 unspecified atom stereocenters. The van der Waals surface area contributed by atoms with Gasteiger partial charge in [-0.1, -0.05) is 29.8 Å². The van der Waals surface area contributed by atoms with Crippen molar-refractivity contribution in [3.05, 3.63) is 64.4 Å². The standard InChI is InChI=1S/C20H23ClFN3O3S/c21-16-4-3-5-17(22)20(16)18(25-10-1-2-11-25)13-24-19(26)12-14-6-8-15(9-7-14)29(23,27)28/h3-9,18H,1-2,10-13H2,(H,24,26)(H2,23,27,28). The highest BCUT2D eigenvalue weighted by molar-refractivity contribution is 7.89. The van der Waals surface area contributed by atoms with Crippen LogP contribution in [0.15, 0.2) is 47.4 Å². The molecule has 156 valence electrons. The van der Waals surface area contributed by atoms with Crippen molar-refractivity contribution in [3.8, 4) is 0 Å². The number of nitrogens with zero attached hydrogens (tertiary/aromatic N) is 1. The number of carbonyl (C=O) groups is 1. The summed E-state index contributed by atoms with van der Waals surface area (Å²) in [5, 5.41) is 8.27. The second-order valence-corrected chi connectivity index (χ2v) is 9.03. The van der Waals surface area contributed by atoms with Gasteiger partial charge < -0.3 is 5.32 Å². The van der Waals surface area contributed by atoms with E-state index < -0.39 is 10.0 Å². The molecule has 1 saturated heterocycles. The fraction of sp³-hybridized carbons (Fsp3) is 0.350. The zero-order valence-electron chi connectivity index (χ0n) is 15.8. The summed E-state index contributed by atoms with van der Waals surface area (Å²) in [5.41, 5.74) is 1.05. The number of primary sulfonamides is 1. The van der Waals surface area contributed by atoms with Crippen molar-refractivity contribution in [2.24, 2.45) is 5.14 Å². The van der Waals surface area contributed by atoms with Crippen LogP contribution in [0.5, 0.6) is 0 Å². The average molecular weight is 440 g/mol. The van der Waals surface area contributed by atoms with Gasteiger partial charge in [0, 0.05) is 17.1 Å². The first-order chi connectivity index (χ1) is 13.8. The maximum atomic E-state index is 14.5. The van der Waals surface area contributed by atoms with Crippen molar-refractivity contribution in [2.75, 3.05) is 19.6 Å². The highest BCUT2D eigenvalue weighted by atomic mass is 35.5. The molecule has 0 aromatic heterocycles. The van der Waals surface area contributed by atoms with Crippen LogP contribution in [0.2, 0.25) is 5.02 Å². The van der Waals surface area contributed by atoms with Crippen LogP contribution in [0.3, 0.4) is 0 Å². The zero-order valence-corrected chi connectivity index (χ0v) is 17.3. The Labute approximate surface area is 174 Å². The molecular weight excluding hydrogens is 417 g/mol. The molecule has 0 spiro atoms. The minimum atomic E-state index is -3.77. The van der Waals surface area contributed by atoms with Gasteiger partial charge in [-0.15, -0.1) is 0 Å². The highest BCUT2D eigenvalue weighted by Crippen LogP contribution is 2.32. The van der Waals surface area contributed by atoms with E-state index in [1.165, 1.54) is 18.2 Å². The Balaban J connectivity index is 1.68. The molecule has 9 heteroatoms. The van der Waals surface area contributed by atoms with Crippen LogP contribution in [0.1, 0.15) is 30.0 Å². The molecule has 6 nitrogen and oxygen atoms in total. The number of hydrogen-bond donors (Lipinski definition) is 2. The molecule has 29 heavy (non-hydrogen) atoms. The van der Waals surface area contributed by atoms with Gasteiger partial charge in [0.05, 0.1) is 17.4 Å². The molecule has 1 amide bonds. The van der Waals surface area contributed by atoms with Crippen LogP contribution in [-0.2, 0) is 21.2 Å². The van der Waals surface area contributed by atoms with Gasteiger partial charge in [0.1, 0.15) is 5.82 Å². The number of likely N-dealkylation sites (tertiary alicyclic amines) is 1. The molecule has 0 bridgehead atoms. The molecular formula is C20H23ClFN3O3S. The number of amides is 1. The van der Waals surface area contributed by atoms with Gasteiger partial charge in [-0.05, 0) is 55.8 Å². The Morgan fingerprint density at radius 1 is 1.17 bits per heavy atom. The van der Waals surface area contributed by atoms with Gasteiger partial charge in [-0.25, -0.2) is 17.9 Å². The summed E-state index contributed by atoms with van der Waals surface area (Å²) in [6.07, 6.45) is 2.11. The van der Waals surface area contributed by atoms with Crippen LogP contribution >= 0.6 is 11.6 Å². The minimum absolute atomic E-state index is 0.00931. The molecule has 1 fully saturated rings. The second kappa shape index (κ2) is 9.21. The zero-order chi connectivity index (χ0) is 21.0. The van der Waals surface area contributed by atoms with Crippen LogP contribution in [0.25, 0.3) is 0 Å². The third kappa shape index (κ3) is 5.54. The monoisotopic (exact) mass is 439 g/mol. The molecule has 1 atom stereocenters. The SMILES string of the molecule is NS(=O)(=O)c1ccc(CC(=O)NCC(c2c(F)cccc2Cl)N2CCCC2)cc1. The van der Waals surface area contributed by atoms with Crippen molar-refractivity contribution < 1.29 is 17.6 Å². The summed E-state index contributed by atoms with van der Waals surface area (Å²) >= 11 is 6.26. The number of sulfonamides is 1. The minimum Gasteiger partial charge on any atom is -0.354 e. The summed E-state index contributed by atoms with van der Waals surface area (Å²) in [6, 6.07) is 10.1. The van der Waals surface area contributed by atoms with Crippen molar-refractivity contribution >= 4 is 27.5 Å². The largest absolute Gasteiger partial charge is 0.354 e. The predicted octanol–water partition coefficient (Wildman–Crippen LogP) is 2.62. The predicted molar refractivity (Wildman–Crippen MR) is 109 cm³/mol. The number of nitrogens with two attached hydrogens (primary N) is 1. The van der Waals surface area contributed by atoms with E-state index in [2.05, 4.69) is 10.2 Å². The molecule has 0 radical (unpaired) electrons. The lowest BCUT2D eigenvalue weighted by Crippen LogP contribution is -2.38. The van der Waals surface area contributed by atoms with Crippen molar-refractivity contribution in [1.82, 2.24) is 10.2 Å². The Kier molecular flexibility index (Phi) is 6.89. The van der Waals surface area contributed by atoms with E-state index in [1.807, 2.05) is 0 Å². The van der Waals surface area contributed by atoms with Crippen molar-refractivity contribution in [2.45, 2.75) is 30.2 Å². The third-order valence-electron chi connectivity index (χ3n) is 5.02. The van der Waals surface area contributed by atoms with Gasteiger partial charge in [0.15, 0.2) is 0 Å². The first-order valence-electron chi connectivity index (χ1n) is 9.32. The van der Waals surface area contributed by atoms with Crippen LogP contribution in [0, 0.1) is 5.82 Å². The van der Waals surface area contributed by atoms with Crippen molar-refractivity contribution in [1.29, 1.82) is 0 Å². The summed E-state index contributed by atoms with van der Waals surface area (Å²) in [6.45, 7) is 1.87. The summed E-state index contributed by atoms with van der Waals surface area (Å²) in [4.78, 5) is 14.5. The highest BCUT2D eigenvalue weighted by Gasteiger charge is 2.28. The number of rotatable bonds is 7. The lowest BCUT2D eigenvalue weighted by atomic mass is 10.0. The van der Waals surface area contributed by atoms with E-state index in [9.17, 15) is 17.6 Å². The van der Waals surface area contributed by atoms with E-state index in [-0.39, 0.29) is 35.6 Å². The molecule has 1 aliphatic heterocycles. The maximum Gasteiger partial charge on any atom is 0.238 e. The number of halogens is 2. The molecule has 2 aromatic rings. The molecule has 3 N–H and O–H groups in total. The number of benzene rings is 2. The van der Waals surface area contributed by atoms with E-state index >= 15 is 0 Å². The second-order valence-electron chi connectivity index (χ2n) is 7.06. The van der Waals surface area contributed by atoms with Crippen LogP contribution in [-0.4, -0.2) is 38.9 Å². The Hall–Kier alpha value is -2.00. The van der Waals surface area contributed by atoms with Crippen LogP contribution < -0.4 is 10.5 Å². The fourth-order valence-corrected chi connectivity index (χ4v) is 4.36. The normalized spacial score (nSPS) is 16.0. The first-order valence-corrected chi connectivity index (χ1v) is 11.2. The van der Waals surface area contributed by atoms with Crippen LogP contribution in [0.4, 0.5) is 4.39 Å². The smallest absolute Gasteiger partial charge is 0.238 e. The van der Waals surface area contributed by atoms with Gasteiger partial charge >= 0.3 is 0 Å². The number of nitrogens with one attached hydrogen (secondary N) is 1. The average Bonchev–Trinajstić information content (AvgIpc) is 3.18. The molecule has 2 aromatic carbocycles. The van der Waals surface area contributed by atoms with E-state index in [0.717, 1.165) is 25.9 Å². The van der Waals surface area contributed by atoms with Crippen molar-refractivity contribution in [3.63, 3.8) is 0 Å². The topological polar surface area (TPSA) is 92.5 Å². The molecule has 1 heterocycles. The summed E-state index contributed by atoms with van der Waals surface area (Å²) in [5.74, 6) is -0.632. The Morgan fingerprint density at radius 2 is 1.83 bits per heavy atom. The molecule has 0 aliphatic carbocycles. The van der Waals surface area contributed by atoms with Gasteiger partial charge in [-0.3, -0.25) is 9.69 Å². The summed E-state index contributed by atoms with van der Waals surface area (Å²) < 4.78 is 37.1. The van der Waals surface area contributed by atoms with Gasteiger partial charge in [0.2, 0.25) is 15.9 Å². The first kappa shape index (κ1) is 21.7. The summed E-state index contributed by atoms with van der Waals surface area (Å²) in [7, 11) is -3.77. The van der Waals surface area contributed by atoms with E-state index in [4.69, 9.17) is 16.7 Å². The lowest BCUT2D eigenvalue weighted by Gasteiger charge is -2.29. The lowest BCUT2D eigenvalue weighted by molar-refractivity contribution is -0.120. The molecule has 0 saturated carbocycles. The Morgan fingerprint density at radius 3 is 2.41 bits per heavy atom. The maximum absolute atomic E-state index is 14.5. The van der Waals surface area contributed by atoms with E-state index in [0.29, 0.717) is 16.1 Å². The van der Waals surface area contributed by atoms with E-state index in [1.54, 1.807) is 24.3 Å². The molecule has 3 rings (SSSR count). The quantitative estimate of drug-likeness (QED) is 0.693. The fourth-order valence-electron chi connectivity index (χ4n) is 3.55. The van der Waals surface area contributed by atoms with Gasteiger partial charge in [-0.2, -0.15) is 0 Å². The third-order valence-corrected chi connectivity index (χ3v) is 6.28. The van der Waals surface area contributed by atoms with Gasteiger partial charge in [0.25, 0.3) is 0 Å². The number of carbonyl (C=O) groups excluding carboxylic acids is 1.